The number of ether oxygens (including phenoxy) is 1. The molecule has 2 amide bonds. The van der Waals surface area contributed by atoms with Crippen LogP contribution in [0.4, 0.5) is 0 Å². The predicted molar refractivity (Wildman–Crippen MR) is 151 cm³/mol. The summed E-state index contributed by atoms with van der Waals surface area (Å²) in [4.78, 5) is 28.9. The quantitative estimate of drug-likeness (QED) is 0.220. The molecule has 0 fully saturated rings. The molecule has 0 aliphatic rings. The summed E-state index contributed by atoms with van der Waals surface area (Å²) in [5, 5.41) is 16.8. The van der Waals surface area contributed by atoms with Crippen LogP contribution in [-0.4, -0.2) is 47.7 Å². The first-order valence-electron chi connectivity index (χ1n) is 12.6. The molecular weight excluding hydrogens is 502 g/mol. The van der Waals surface area contributed by atoms with E-state index in [1.807, 2.05) is 50.4 Å². The molecule has 0 saturated heterocycles. The fraction of sp³-hybridized carbons (Fsp3) is 0.267. The Bertz CT molecular complexity index is 1450. The van der Waals surface area contributed by atoms with E-state index in [1.54, 1.807) is 37.4 Å². The molecule has 7 nitrogen and oxygen atoms in total. The number of hydrogen-bond donors (Lipinski definition) is 4. The second-order valence-electron chi connectivity index (χ2n) is 9.40. The molecule has 38 heavy (non-hydrogen) atoms. The summed E-state index contributed by atoms with van der Waals surface area (Å²) in [5.74, 6) is -0.106. The Morgan fingerprint density at radius 3 is 2.45 bits per heavy atom. The van der Waals surface area contributed by atoms with Crippen molar-refractivity contribution in [3.8, 4) is 16.9 Å². The van der Waals surface area contributed by atoms with E-state index in [2.05, 4.69) is 15.6 Å². The lowest BCUT2D eigenvalue weighted by molar-refractivity contribution is 0.0922. The number of rotatable bonds is 10. The average Bonchev–Trinajstić information content (AvgIpc) is 3.31. The summed E-state index contributed by atoms with van der Waals surface area (Å²) in [5.41, 5.74) is 4.37. The average molecular weight is 534 g/mol. The van der Waals surface area contributed by atoms with Gasteiger partial charge >= 0.3 is 0 Å². The third-order valence-electron chi connectivity index (χ3n) is 6.31. The molecule has 4 aromatic rings. The first kappa shape index (κ1) is 27.2. The van der Waals surface area contributed by atoms with Crippen molar-refractivity contribution < 1.29 is 19.4 Å². The second-order valence-corrected chi connectivity index (χ2v) is 9.80. The summed E-state index contributed by atoms with van der Waals surface area (Å²) < 4.78 is 5.96. The molecule has 1 aromatic heterocycles. The van der Waals surface area contributed by atoms with E-state index in [1.165, 1.54) is 0 Å². The molecule has 4 rings (SSSR count). The minimum atomic E-state index is -0.297. The molecular formula is C30H32ClN3O4. The minimum Gasteiger partial charge on any atom is -0.490 e. The van der Waals surface area contributed by atoms with Crippen LogP contribution in [0.5, 0.6) is 5.75 Å². The van der Waals surface area contributed by atoms with Crippen molar-refractivity contribution in [3.05, 3.63) is 88.6 Å². The zero-order valence-corrected chi connectivity index (χ0v) is 22.4. The zero-order valence-electron chi connectivity index (χ0n) is 21.7. The number of aromatic nitrogens is 1. The van der Waals surface area contributed by atoms with Gasteiger partial charge in [0.2, 0.25) is 0 Å². The molecule has 4 N–H and O–H groups in total. The lowest BCUT2D eigenvalue weighted by Gasteiger charge is -2.20. The molecule has 3 aromatic carbocycles. The van der Waals surface area contributed by atoms with Gasteiger partial charge in [-0.05, 0) is 73.7 Å². The number of fused-ring (bicyclic) bond motifs is 1. The fourth-order valence-corrected chi connectivity index (χ4v) is 4.73. The number of amides is 2. The highest BCUT2D eigenvalue weighted by molar-refractivity contribution is 6.34. The van der Waals surface area contributed by atoms with Gasteiger partial charge in [-0.3, -0.25) is 9.59 Å². The topological polar surface area (TPSA) is 103 Å². The summed E-state index contributed by atoms with van der Waals surface area (Å²) in [6, 6.07) is 18.3. The number of H-pyrrole nitrogens is 1. The van der Waals surface area contributed by atoms with E-state index in [0.717, 1.165) is 27.6 Å². The van der Waals surface area contributed by atoms with Crippen LogP contribution in [0.15, 0.2) is 66.9 Å². The van der Waals surface area contributed by atoms with Crippen LogP contribution in [0.2, 0.25) is 5.02 Å². The van der Waals surface area contributed by atoms with Crippen molar-refractivity contribution in [2.24, 2.45) is 0 Å². The number of aliphatic hydroxyl groups is 1. The van der Waals surface area contributed by atoms with Crippen molar-refractivity contribution in [2.45, 2.75) is 38.8 Å². The highest BCUT2D eigenvalue weighted by Crippen LogP contribution is 2.31. The first-order valence-corrected chi connectivity index (χ1v) is 13.0. The largest absolute Gasteiger partial charge is 0.490 e. The Labute approximate surface area is 227 Å². The minimum absolute atomic E-state index is 0.0567. The van der Waals surface area contributed by atoms with Gasteiger partial charge in [0.15, 0.2) is 0 Å². The lowest BCUT2D eigenvalue weighted by Crippen LogP contribution is -2.37. The number of aliphatic hydroxyl groups excluding tert-OH is 1. The fourth-order valence-electron chi connectivity index (χ4n) is 4.47. The van der Waals surface area contributed by atoms with Crippen LogP contribution in [-0.2, 0) is 6.42 Å². The Morgan fingerprint density at radius 2 is 1.74 bits per heavy atom. The van der Waals surface area contributed by atoms with Gasteiger partial charge in [0.25, 0.3) is 11.8 Å². The molecule has 8 heteroatoms. The van der Waals surface area contributed by atoms with Crippen LogP contribution >= 0.6 is 11.6 Å². The van der Waals surface area contributed by atoms with E-state index < -0.39 is 0 Å². The molecule has 0 aliphatic carbocycles. The van der Waals surface area contributed by atoms with Crippen molar-refractivity contribution >= 4 is 34.3 Å². The van der Waals surface area contributed by atoms with Crippen LogP contribution in [0.25, 0.3) is 22.0 Å². The zero-order chi connectivity index (χ0) is 27.2. The molecule has 198 valence electrons. The van der Waals surface area contributed by atoms with E-state index >= 15 is 0 Å². The summed E-state index contributed by atoms with van der Waals surface area (Å²) in [6.45, 7) is 3.75. The van der Waals surface area contributed by atoms with Gasteiger partial charge in [0.05, 0.1) is 22.3 Å². The van der Waals surface area contributed by atoms with Crippen LogP contribution in [0.1, 0.15) is 46.5 Å². The number of para-hydroxylation sites is 1. The van der Waals surface area contributed by atoms with Gasteiger partial charge in [-0.2, -0.15) is 0 Å². The summed E-state index contributed by atoms with van der Waals surface area (Å²) in [7, 11) is 1.55. The lowest BCUT2D eigenvalue weighted by atomic mass is 9.99. The number of halogens is 1. The van der Waals surface area contributed by atoms with Crippen LogP contribution in [0, 0.1) is 0 Å². The Hall–Kier alpha value is -3.81. The Morgan fingerprint density at radius 1 is 1.00 bits per heavy atom. The molecule has 1 atom stereocenters. The normalized spacial score (nSPS) is 11.9. The van der Waals surface area contributed by atoms with Gasteiger partial charge in [-0.1, -0.05) is 41.9 Å². The number of benzene rings is 3. The predicted octanol–water partition coefficient (Wildman–Crippen LogP) is 5.36. The van der Waals surface area contributed by atoms with E-state index in [0.29, 0.717) is 34.7 Å². The van der Waals surface area contributed by atoms with Crippen molar-refractivity contribution in [2.75, 3.05) is 13.7 Å². The number of hydrogen-bond acceptors (Lipinski definition) is 4. The highest BCUT2D eigenvalue weighted by Gasteiger charge is 2.21. The summed E-state index contributed by atoms with van der Waals surface area (Å²) >= 11 is 6.38. The second kappa shape index (κ2) is 12.2. The third kappa shape index (κ3) is 6.18. The van der Waals surface area contributed by atoms with Crippen molar-refractivity contribution in [1.82, 2.24) is 15.6 Å². The van der Waals surface area contributed by atoms with Crippen molar-refractivity contribution in [3.63, 3.8) is 0 Å². The van der Waals surface area contributed by atoms with Crippen LogP contribution < -0.4 is 15.4 Å². The number of carbonyl (C=O) groups excluding carboxylic acids is 2. The molecule has 1 unspecified atom stereocenters. The standard InChI is InChI=1S/C30H32ClN3O4/c1-18(2)38-28-11-9-19(20-8-10-24(26(31)16-20)29(36)32-3)15-25(28)30(37)34-22(12-13-35)14-21-17-33-27-7-5-4-6-23(21)27/h4-11,15-18,22,33,35H,12-14H2,1-3H3,(H,32,36)(H,34,37). The van der Waals surface area contributed by atoms with E-state index in [4.69, 9.17) is 16.3 Å². The third-order valence-corrected chi connectivity index (χ3v) is 6.63. The summed E-state index contributed by atoms with van der Waals surface area (Å²) in [6.07, 6.45) is 2.78. The van der Waals surface area contributed by atoms with Gasteiger partial charge in [-0.15, -0.1) is 0 Å². The number of nitrogens with one attached hydrogen (secondary N) is 3. The molecule has 0 radical (unpaired) electrons. The van der Waals surface area contributed by atoms with E-state index in [-0.39, 0.29) is 30.6 Å². The first-order chi connectivity index (χ1) is 18.3. The maximum atomic E-state index is 13.6. The molecule has 0 saturated carbocycles. The number of aromatic amines is 1. The van der Waals surface area contributed by atoms with Crippen LogP contribution in [0.3, 0.4) is 0 Å². The Kier molecular flexibility index (Phi) is 8.71. The SMILES string of the molecule is CNC(=O)c1ccc(-c2ccc(OC(C)C)c(C(=O)NC(CCO)Cc3c[nH]c4ccccc34)c2)cc1Cl. The molecule has 0 spiro atoms. The molecule has 0 aliphatic heterocycles. The maximum Gasteiger partial charge on any atom is 0.255 e. The number of carbonyl (C=O) groups is 2. The van der Waals surface area contributed by atoms with E-state index in [9.17, 15) is 14.7 Å². The smallest absolute Gasteiger partial charge is 0.255 e. The molecule has 1 heterocycles. The van der Waals surface area contributed by atoms with Gasteiger partial charge in [-0.25, -0.2) is 0 Å². The highest BCUT2D eigenvalue weighted by atomic mass is 35.5. The van der Waals surface area contributed by atoms with Gasteiger partial charge < -0.3 is 25.5 Å². The molecule has 0 bridgehead atoms. The van der Waals surface area contributed by atoms with Gasteiger partial charge in [0, 0.05) is 36.8 Å². The Balaban J connectivity index is 1.64. The van der Waals surface area contributed by atoms with Crippen molar-refractivity contribution in [1.29, 1.82) is 0 Å². The monoisotopic (exact) mass is 533 g/mol. The van der Waals surface area contributed by atoms with Gasteiger partial charge in [0.1, 0.15) is 5.75 Å². The maximum absolute atomic E-state index is 13.6.